The number of carbonyl (C=O) groups excluding carboxylic acids is 1. The molecule has 0 spiro atoms. The number of benzene rings is 1. The zero-order chi connectivity index (χ0) is 14.4. The van der Waals surface area contributed by atoms with E-state index in [1.807, 2.05) is 12.1 Å². The number of aromatic nitrogens is 1. The summed E-state index contributed by atoms with van der Waals surface area (Å²) < 4.78 is 9.93. The number of nitrogens with one attached hydrogen (secondary N) is 1. The Bertz CT molecular complexity index is 626. The average molecular weight is 271 g/mol. The molecule has 2 rings (SSSR count). The van der Waals surface area contributed by atoms with Crippen LogP contribution in [-0.4, -0.2) is 17.6 Å². The Hall–Kier alpha value is -2.81. The van der Waals surface area contributed by atoms with Crippen molar-refractivity contribution >= 4 is 12.0 Å². The van der Waals surface area contributed by atoms with Gasteiger partial charge < -0.3 is 14.5 Å². The minimum absolute atomic E-state index is 0.133. The Balaban J connectivity index is 1.94. The van der Waals surface area contributed by atoms with Crippen molar-refractivity contribution in [1.29, 1.82) is 5.26 Å². The van der Waals surface area contributed by atoms with Crippen LogP contribution in [0.3, 0.4) is 0 Å². The van der Waals surface area contributed by atoms with E-state index in [4.69, 9.17) is 14.4 Å². The highest BCUT2D eigenvalue weighted by molar-refractivity contribution is 5.87. The molecule has 102 valence electrons. The van der Waals surface area contributed by atoms with Crippen LogP contribution >= 0.6 is 0 Å². The van der Waals surface area contributed by atoms with Gasteiger partial charge in [0.25, 0.3) is 6.01 Å². The first-order valence-electron chi connectivity index (χ1n) is 6.08. The molecule has 0 bridgehead atoms. The van der Waals surface area contributed by atoms with Crippen molar-refractivity contribution in [2.24, 2.45) is 0 Å². The molecule has 0 aliphatic carbocycles. The van der Waals surface area contributed by atoms with Gasteiger partial charge in [-0.2, -0.15) is 10.2 Å². The number of hydrogen-bond acceptors (Lipinski definition) is 6. The lowest BCUT2D eigenvalue weighted by molar-refractivity contribution is 0.0519. The first-order chi connectivity index (χ1) is 9.72. The monoisotopic (exact) mass is 271 g/mol. The molecule has 0 unspecified atom stereocenters. The zero-order valence-corrected chi connectivity index (χ0v) is 10.9. The molecule has 1 aromatic heterocycles. The molecule has 0 fully saturated rings. The second-order valence-electron chi connectivity index (χ2n) is 3.92. The van der Waals surface area contributed by atoms with Gasteiger partial charge in [0, 0.05) is 6.54 Å². The summed E-state index contributed by atoms with van der Waals surface area (Å²) in [6.07, 6.45) is 1.25. The summed E-state index contributed by atoms with van der Waals surface area (Å²) >= 11 is 0. The Morgan fingerprint density at radius 3 is 2.85 bits per heavy atom. The van der Waals surface area contributed by atoms with E-state index in [1.165, 1.54) is 6.26 Å². The number of nitriles is 1. The summed E-state index contributed by atoms with van der Waals surface area (Å²) in [4.78, 5) is 15.4. The first kappa shape index (κ1) is 13.6. The van der Waals surface area contributed by atoms with Gasteiger partial charge >= 0.3 is 5.97 Å². The van der Waals surface area contributed by atoms with Crippen LogP contribution in [0, 0.1) is 11.3 Å². The van der Waals surface area contributed by atoms with Crippen LogP contribution < -0.4 is 5.32 Å². The smallest absolute Gasteiger partial charge is 0.360 e. The molecule has 0 aliphatic rings. The van der Waals surface area contributed by atoms with E-state index in [2.05, 4.69) is 16.4 Å². The van der Waals surface area contributed by atoms with Crippen molar-refractivity contribution in [2.45, 2.75) is 13.5 Å². The van der Waals surface area contributed by atoms with Gasteiger partial charge in [-0.3, -0.25) is 0 Å². The number of ether oxygens (including phenoxy) is 1. The summed E-state index contributed by atoms with van der Waals surface area (Å²) in [5.41, 5.74) is 1.71. The lowest BCUT2D eigenvalue weighted by Crippen LogP contribution is -2.05. The maximum Gasteiger partial charge on any atom is 0.360 e. The Kier molecular flexibility index (Phi) is 4.35. The molecule has 6 heteroatoms. The van der Waals surface area contributed by atoms with Crippen molar-refractivity contribution < 1.29 is 13.9 Å². The predicted octanol–water partition coefficient (Wildman–Crippen LogP) is 2.34. The third kappa shape index (κ3) is 3.36. The number of rotatable bonds is 5. The highest BCUT2D eigenvalue weighted by Gasteiger charge is 2.12. The summed E-state index contributed by atoms with van der Waals surface area (Å²) in [6.45, 7) is 2.50. The van der Waals surface area contributed by atoms with E-state index >= 15 is 0 Å². The fraction of sp³-hybridized carbons (Fsp3) is 0.214. The highest BCUT2D eigenvalue weighted by atomic mass is 16.5. The van der Waals surface area contributed by atoms with Crippen molar-refractivity contribution in [3.8, 4) is 6.07 Å². The predicted molar refractivity (Wildman–Crippen MR) is 70.9 cm³/mol. The minimum Gasteiger partial charge on any atom is -0.461 e. The van der Waals surface area contributed by atoms with Crippen LogP contribution in [0.25, 0.3) is 0 Å². The SMILES string of the molecule is CCOC(=O)c1coc(NCc2ccc(C#N)cc2)n1. The summed E-state index contributed by atoms with van der Waals surface area (Å²) in [5.74, 6) is -0.511. The molecule has 0 amide bonds. The second-order valence-corrected chi connectivity index (χ2v) is 3.92. The number of esters is 1. The van der Waals surface area contributed by atoms with Crippen molar-refractivity contribution in [1.82, 2.24) is 4.98 Å². The van der Waals surface area contributed by atoms with Crippen LogP contribution in [0.15, 0.2) is 34.9 Å². The molecule has 0 saturated carbocycles. The fourth-order valence-corrected chi connectivity index (χ4v) is 1.53. The van der Waals surface area contributed by atoms with Crippen LogP contribution in [-0.2, 0) is 11.3 Å². The van der Waals surface area contributed by atoms with Gasteiger partial charge in [0.1, 0.15) is 6.26 Å². The van der Waals surface area contributed by atoms with Gasteiger partial charge in [-0.25, -0.2) is 4.79 Å². The molecule has 0 radical (unpaired) electrons. The fourth-order valence-electron chi connectivity index (χ4n) is 1.53. The van der Waals surface area contributed by atoms with Crippen LogP contribution in [0.2, 0.25) is 0 Å². The number of hydrogen-bond donors (Lipinski definition) is 1. The van der Waals surface area contributed by atoms with Crippen molar-refractivity contribution in [3.63, 3.8) is 0 Å². The molecular weight excluding hydrogens is 258 g/mol. The summed E-state index contributed by atoms with van der Waals surface area (Å²) in [7, 11) is 0. The van der Waals surface area contributed by atoms with E-state index in [-0.39, 0.29) is 11.7 Å². The molecule has 2 aromatic rings. The quantitative estimate of drug-likeness (QED) is 0.840. The Morgan fingerprint density at radius 2 is 2.20 bits per heavy atom. The molecule has 0 atom stereocenters. The van der Waals surface area contributed by atoms with E-state index in [1.54, 1.807) is 19.1 Å². The minimum atomic E-state index is -0.511. The van der Waals surface area contributed by atoms with Crippen molar-refractivity contribution in [3.05, 3.63) is 47.3 Å². The van der Waals surface area contributed by atoms with E-state index in [9.17, 15) is 4.79 Å². The van der Waals surface area contributed by atoms with Gasteiger partial charge in [-0.1, -0.05) is 12.1 Å². The number of anilines is 1. The zero-order valence-electron chi connectivity index (χ0n) is 10.9. The molecule has 0 aliphatic heterocycles. The topological polar surface area (TPSA) is 88.1 Å². The summed E-state index contributed by atoms with van der Waals surface area (Å²) in [5, 5.41) is 11.6. The Morgan fingerprint density at radius 1 is 1.45 bits per heavy atom. The highest BCUT2D eigenvalue weighted by Crippen LogP contribution is 2.11. The number of carbonyl (C=O) groups is 1. The first-order valence-corrected chi connectivity index (χ1v) is 6.08. The molecule has 1 aromatic carbocycles. The van der Waals surface area contributed by atoms with E-state index < -0.39 is 5.97 Å². The van der Waals surface area contributed by atoms with Gasteiger partial charge in [0.15, 0.2) is 5.69 Å². The third-order valence-corrected chi connectivity index (χ3v) is 2.52. The van der Waals surface area contributed by atoms with Crippen LogP contribution in [0.4, 0.5) is 6.01 Å². The second kappa shape index (κ2) is 6.38. The maximum absolute atomic E-state index is 11.4. The van der Waals surface area contributed by atoms with E-state index in [0.29, 0.717) is 18.7 Å². The van der Waals surface area contributed by atoms with Gasteiger partial charge in [-0.15, -0.1) is 0 Å². The lowest BCUT2D eigenvalue weighted by Gasteiger charge is -2.01. The van der Waals surface area contributed by atoms with Gasteiger partial charge in [-0.05, 0) is 24.6 Å². The molecular formula is C14H13N3O3. The molecule has 1 N–H and O–H groups in total. The van der Waals surface area contributed by atoms with E-state index in [0.717, 1.165) is 5.56 Å². The third-order valence-electron chi connectivity index (χ3n) is 2.52. The van der Waals surface area contributed by atoms with Crippen LogP contribution in [0.5, 0.6) is 0 Å². The average Bonchev–Trinajstić information content (AvgIpc) is 2.95. The van der Waals surface area contributed by atoms with Crippen LogP contribution in [0.1, 0.15) is 28.5 Å². The van der Waals surface area contributed by atoms with Gasteiger partial charge in [0.05, 0.1) is 18.2 Å². The van der Waals surface area contributed by atoms with Crippen molar-refractivity contribution in [2.75, 3.05) is 11.9 Å². The molecule has 0 saturated heterocycles. The lowest BCUT2D eigenvalue weighted by atomic mass is 10.1. The van der Waals surface area contributed by atoms with Gasteiger partial charge in [0.2, 0.25) is 0 Å². The number of oxazole rings is 1. The molecule has 6 nitrogen and oxygen atoms in total. The standard InChI is InChI=1S/C14H13N3O3/c1-2-19-13(18)12-9-20-14(17-12)16-8-11-5-3-10(7-15)4-6-11/h3-6,9H,2,8H2,1H3,(H,16,17). The normalized spacial score (nSPS) is 9.80. The maximum atomic E-state index is 11.4. The largest absolute Gasteiger partial charge is 0.461 e. The molecule has 1 heterocycles. The summed E-state index contributed by atoms with van der Waals surface area (Å²) in [6, 6.07) is 9.43. The molecule has 20 heavy (non-hydrogen) atoms. The Labute approximate surface area is 116 Å². The number of nitrogens with zero attached hydrogens (tertiary/aromatic N) is 2.